The Kier molecular flexibility index (Phi) is 3.46. The van der Waals surface area contributed by atoms with Crippen molar-refractivity contribution in [2.24, 2.45) is 5.73 Å². The monoisotopic (exact) mass is 178 g/mol. The molecule has 0 fully saturated rings. The van der Waals surface area contributed by atoms with Crippen LogP contribution in [0.5, 0.6) is 0 Å². The van der Waals surface area contributed by atoms with Crippen molar-refractivity contribution >= 4 is 11.5 Å². The molecule has 0 saturated carbocycles. The maximum Gasteiger partial charge on any atom is 0.168 e. The lowest BCUT2D eigenvalue weighted by Gasteiger charge is -2.12. The van der Waals surface area contributed by atoms with Crippen molar-refractivity contribution in [2.75, 3.05) is 11.9 Å². The number of nitrogens with two attached hydrogens (primary N) is 1. The number of rotatable bonds is 4. The molecule has 0 aliphatic heterocycles. The fourth-order valence-electron chi connectivity index (χ4n) is 1.04. The molecule has 70 valence electrons. The first kappa shape index (κ1) is 9.74. The van der Waals surface area contributed by atoms with Crippen molar-refractivity contribution in [2.45, 2.75) is 13.0 Å². The van der Waals surface area contributed by atoms with E-state index in [4.69, 9.17) is 5.73 Å². The lowest BCUT2D eigenvalue weighted by Crippen LogP contribution is -2.31. The second-order valence-corrected chi connectivity index (χ2v) is 2.90. The predicted molar refractivity (Wildman–Crippen MR) is 53.6 cm³/mol. The second kappa shape index (κ2) is 4.62. The number of hydrogen-bond acceptors (Lipinski definition) is 3. The quantitative estimate of drug-likeness (QED) is 0.723. The molecule has 3 nitrogen and oxygen atoms in total. The molecule has 3 heteroatoms. The first-order valence-corrected chi connectivity index (χ1v) is 4.28. The molecular weight excluding hydrogens is 164 g/mol. The Morgan fingerprint density at radius 1 is 1.46 bits per heavy atom. The summed E-state index contributed by atoms with van der Waals surface area (Å²) in [7, 11) is 0. The van der Waals surface area contributed by atoms with Crippen molar-refractivity contribution < 1.29 is 4.79 Å². The van der Waals surface area contributed by atoms with E-state index in [2.05, 4.69) is 5.32 Å². The van der Waals surface area contributed by atoms with Gasteiger partial charge >= 0.3 is 0 Å². The van der Waals surface area contributed by atoms with Gasteiger partial charge in [0.1, 0.15) is 0 Å². The Labute approximate surface area is 77.9 Å². The normalized spacial score (nSPS) is 12.2. The van der Waals surface area contributed by atoms with Gasteiger partial charge in [-0.1, -0.05) is 18.2 Å². The smallest absolute Gasteiger partial charge is 0.168 e. The summed E-state index contributed by atoms with van der Waals surface area (Å²) in [6, 6.07) is 9.39. The van der Waals surface area contributed by atoms with Crippen LogP contribution in [0.2, 0.25) is 0 Å². The van der Waals surface area contributed by atoms with Crippen molar-refractivity contribution in [3.8, 4) is 0 Å². The van der Waals surface area contributed by atoms with Gasteiger partial charge in [0.2, 0.25) is 0 Å². The molecule has 1 unspecified atom stereocenters. The number of ketones is 1. The molecular formula is C10H14N2O. The Hall–Kier alpha value is -1.35. The van der Waals surface area contributed by atoms with Crippen LogP contribution in [-0.4, -0.2) is 18.4 Å². The minimum Gasteiger partial charge on any atom is -0.375 e. The zero-order valence-corrected chi connectivity index (χ0v) is 7.66. The number of carbonyl (C=O) groups excluding carboxylic acids is 1. The summed E-state index contributed by atoms with van der Waals surface area (Å²) >= 11 is 0. The van der Waals surface area contributed by atoms with Crippen LogP contribution in [0.4, 0.5) is 5.69 Å². The predicted octanol–water partition coefficient (Wildman–Crippen LogP) is 1.01. The summed E-state index contributed by atoms with van der Waals surface area (Å²) in [6.07, 6.45) is 0. The van der Waals surface area contributed by atoms with E-state index in [0.717, 1.165) is 5.69 Å². The third-order valence-corrected chi connectivity index (χ3v) is 1.84. The Morgan fingerprint density at radius 3 is 2.62 bits per heavy atom. The molecule has 0 radical (unpaired) electrons. The Bertz CT molecular complexity index is 272. The highest BCUT2D eigenvalue weighted by Gasteiger charge is 2.09. The standard InChI is InChI=1S/C10H14N2O/c1-8(10(13)7-11)12-9-5-3-2-4-6-9/h2-6,8,12H,7,11H2,1H3. The molecule has 13 heavy (non-hydrogen) atoms. The molecule has 1 aromatic carbocycles. The molecule has 1 aromatic rings. The van der Waals surface area contributed by atoms with Crippen LogP contribution < -0.4 is 11.1 Å². The molecule has 0 aliphatic rings. The largest absolute Gasteiger partial charge is 0.375 e. The molecule has 0 aromatic heterocycles. The molecule has 0 spiro atoms. The van der Waals surface area contributed by atoms with Gasteiger partial charge in [-0.05, 0) is 19.1 Å². The first-order chi connectivity index (χ1) is 6.24. The van der Waals surface area contributed by atoms with E-state index in [1.54, 1.807) is 0 Å². The van der Waals surface area contributed by atoms with Gasteiger partial charge in [0.25, 0.3) is 0 Å². The van der Waals surface area contributed by atoms with E-state index in [9.17, 15) is 4.79 Å². The van der Waals surface area contributed by atoms with Gasteiger partial charge in [-0.3, -0.25) is 4.79 Å². The van der Waals surface area contributed by atoms with Gasteiger partial charge in [-0.25, -0.2) is 0 Å². The van der Waals surface area contributed by atoms with E-state index in [1.165, 1.54) is 0 Å². The van der Waals surface area contributed by atoms with Crippen molar-refractivity contribution in [1.29, 1.82) is 0 Å². The first-order valence-electron chi connectivity index (χ1n) is 4.28. The number of Topliss-reactive ketones (excluding diaryl/α,β-unsaturated/α-hetero) is 1. The third-order valence-electron chi connectivity index (χ3n) is 1.84. The lowest BCUT2D eigenvalue weighted by atomic mass is 10.2. The number of benzene rings is 1. The summed E-state index contributed by atoms with van der Waals surface area (Å²) in [5, 5.41) is 3.06. The van der Waals surface area contributed by atoms with Gasteiger partial charge in [0.05, 0.1) is 12.6 Å². The summed E-state index contributed by atoms with van der Waals surface area (Å²) in [4.78, 5) is 11.1. The third kappa shape index (κ3) is 2.87. The van der Waals surface area contributed by atoms with Gasteiger partial charge in [0, 0.05) is 5.69 Å². The fraction of sp³-hybridized carbons (Fsp3) is 0.300. The zero-order chi connectivity index (χ0) is 9.68. The van der Waals surface area contributed by atoms with E-state index in [0.29, 0.717) is 0 Å². The van der Waals surface area contributed by atoms with Crippen LogP contribution in [0, 0.1) is 0 Å². The van der Waals surface area contributed by atoms with Crippen LogP contribution >= 0.6 is 0 Å². The van der Waals surface area contributed by atoms with E-state index < -0.39 is 0 Å². The molecule has 0 heterocycles. The van der Waals surface area contributed by atoms with Crippen molar-refractivity contribution in [3.63, 3.8) is 0 Å². The number of nitrogens with one attached hydrogen (secondary N) is 1. The topological polar surface area (TPSA) is 55.1 Å². The Balaban J connectivity index is 2.55. The van der Waals surface area contributed by atoms with E-state index in [-0.39, 0.29) is 18.4 Å². The molecule has 0 bridgehead atoms. The minimum absolute atomic E-state index is 0.0175. The van der Waals surface area contributed by atoms with Crippen LogP contribution in [0.15, 0.2) is 30.3 Å². The molecule has 0 amide bonds. The summed E-state index contributed by atoms with van der Waals surface area (Å²) in [6.45, 7) is 1.89. The van der Waals surface area contributed by atoms with Crippen LogP contribution in [0.1, 0.15) is 6.92 Å². The SMILES string of the molecule is CC(Nc1ccccc1)C(=O)CN. The number of anilines is 1. The molecule has 0 saturated heterocycles. The van der Waals surface area contributed by atoms with Crippen LogP contribution in [0.3, 0.4) is 0 Å². The maximum absolute atomic E-state index is 11.1. The minimum atomic E-state index is -0.215. The number of carbonyl (C=O) groups is 1. The molecule has 1 rings (SSSR count). The highest BCUT2D eigenvalue weighted by atomic mass is 16.1. The lowest BCUT2D eigenvalue weighted by molar-refractivity contribution is -0.118. The summed E-state index contributed by atoms with van der Waals surface area (Å²) < 4.78 is 0. The van der Waals surface area contributed by atoms with E-state index in [1.807, 2.05) is 37.3 Å². The van der Waals surface area contributed by atoms with Gasteiger partial charge in [-0.2, -0.15) is 0 Å². The van der Waals surface area contributed by atoms with Crippen molar-refractivity contribution in [3.05, 3.63) is 30.3 Å². The summed E-state index contributed by atoms with van der Waals surface area (Å²) in [5.41, 5.74) is 6.18. The van der Waals surface area contributed by atoms with Gasteiger partial charge in [0.15, 0.2) is 5.78 Å². The maximum atomic E-state index is 11.1. The Morgan fingerprint density at radius 2 is 2.08 bits per heavy atom. The highest BCUT2D eigenvalue weighted by molar-refractivity contribution is 5.87. The van der Waals surface area contributed by atoms with Gasteiger partial charge in [-0.15, -0.1) is 0 Å². The molecule has 1 atom stereocenters. The molecule has 0 aliphatic carbocycles. The number of para-hydroxylation sites is 1. The van der Waals surface area contributed by atoms with E-state index >= 15 is 0 Å². The average Bonchev–Trinajstić information content (AvgIpc) is 2.18. The summed E-state index contributed by atoms with van der Waals surface area (Å²) in [5.74, 6) is 0.0175. The van der Waals surface area contributed by atoms with Crippen LogP contribution in [0.25, 0.3) is 0 Å². The average molecular weight is 178 g/mol. The van der Waals surface area contributed by atoms with Crippen molar-refractivity contribution in [1.82, 2.24) is 0 Å². The molecule has 3 N–H and O–H groups in total. The second-order valence-electron chi connectivity index (χ2n) is 2.90. The fourth-order valence-corrected chi connectivity index (χ4v) is 1.04. The van der Waals surface area contributed by atoms with Gasteiger partial charge < -0.3 is 11.1 Å². The zero-order valence-electron chi connectivity index (χ0n) is 7.66. The highest BCUT2D eigenvalue weighted by Crippen LogP contribution is 2.06. The number of hydrogen-bond donors (Lipinski definition) is 2. The van der Waals surface area contributed by atoms with Crippen LogP contribution in [-0.2, 0) is 4.79 Å².